The van der Waals surface area contributed by atoms with Crippen molar-refractivity contribution >= 4 is 22.6 Å². The Balaban J connectivity index is 1.39. The summed E-state index contributed by atoms with van der Waals surface area (Å²) in [5.41, 5.74) is 0. The van der Waals surface area contributed by atoms with E-state index in [1.165, 1.54) is 11.5 Å². The molecular formula is C17H27N9S. The van der Waals surface area contributed by atoms with Crippen molar-refractivity contribution in [2.24, 2.45) is 4.99 Å². The average Bonchev–Trinajstić information content (AvgIpc) is 3.42. The summed E-state index contributed by atoms with van der Waals surface area (Å²) in [6.07, 6.45) is 3.08. The van der Waals surface area contributed by atoms with E-state index in [0.29, 0.717) is 6.54 Å². The molecule has 0 atom stereocenters. The van der Waals surface area contributed by atoms with E-state index in [0.717, 1.165) is 87.1 Å². The molecule has 0 unspecified atom stereocenters. The highest BCUT2D eigenvalue weighted by molar-refractivity contribution is 7.09. The maximum atomic E-state index is 4.84. The Morgan fingerprint density at radius 3 is 2.74 bits per heavy atom. The molecule has 27 heavy (non-hydrogen) atoms. The molecule has 0 bridgehead atoms. The van der Waals surface area contributed by atoms with Gasteiger partial charge in [-0.2, -0.15) is 4.37 Å². The lowest BCUT2D eigenvalue weighted by Crippen LogP contribution is -2.52. The fourth-order valence-electron chi connectivity index (χ4n) is 3.53. The minimum Gasteiger partial charge on any atom is -0.357 e. The summed E-state index contributed by atoms with van der Waals surface area (Å²) in [5.74, 6) is 3.96. The van der Waals surface area contributed by atoms with Crippen LogP contribution >= 0.6 is 11.5 Å². The largest absolute Gasteiger partial charge is 0.357 e. The van der Waals surface area contributed by atoms with Crippen molar-refractivity contribution in [2.45, 2.75) is 46.2 Å². The van der Waals surface area contributed by atoms with Gasteiger partial charge in [0.25, 0.3) is 0 Å². The first-order valence-electron chi connectivity index (χ1n) is 9.80. The maximum absolute atomic E-state index is 4.84. The Bertz CT molecular complexity index is 788. The highest BCUT2D eigenvalue weighted by atomic mass is 32.1. The SMILES string of the molecule is CCNC(=NCc1nnc2n1CCC2)N1CCN(c2nc(CC)ns2)CC1. The first kappa shape index (κ1) is 18.1. The van der Waals surface area contributed by atoms with Crippen molar-refractivity contribution in [3.8, 4) is 0 Å². The summed E-state index contributed by atoms with van der Waals surface area (Å²) in [6.45, 7) is 10.4. The van der Waals surface area contributed by atoms with Crippen LogP contribution in [0, 0.1) is 0 Å². The predicted molar refractivity (Wildman–Crippen MR) is 106 cm³/mol. The van der Waals surface area contributed by atoms with Crippen LogP contribution < -0.4 is 10.2 Å². The molecule has 4 rings (SSSR count). The second-order valence-corrected chi connectivity index (χ2v) is 7.51. The number of hydrogen-bond donors (Lipinski definition) is 1. The number of fused-ring (bicyclic) bond motifs is 1. The van der Waals surface area contributed by atoms with E-state index in [4.69, 9.17) is 4.99 Å². The quantitative estimate of drug-likeness (QED) is 0.601. The molecule has 1 N–H and O–H groups in total. The molecule has 1 saturated heterocycles. The number of piperazine rings is 1. The first-order valence-corrected chi connectivity index (χ1v) is 10.6. The van der Waals surface area contributed by atoms with Gasteiger partial charge in [0.15, 0.2) is 11.8 Å². The fourth-order valence-corrected chi connectivity index (χ4v) is 4.33. The molecule has 0 radical (unpaired) electrons. The third-order valence-electron chi connectivity index (χ3n) is 5.01. The minimum absolute atomic E-state index is 0.575. The second-order valence-electron chi connectivity index (χ2n) is 6.78. The van der Waals surface area contributed by atoms with Gasteiger partial charge in [-0.1, -0.05) is 6.92 Å². The number of anilines is 1. The van der Waals surface area contributed by atoms with Gasteiger partial charge in [-0.15, -0.1) is 10.2 Å². The minimum atomic E-state index is 0.575. The first-order chi connectivity index (χ1) is 13.3. The van der Waals surface area contributed by atoms with Gasteiger partial charge in [-0.25, -0.2) is 9.98 Å². The number of aromatic nitrogens is 5. The molecule has 2 aliphatic rings. The molecule has 0 amide bonds. The molecular weight excluding hydrogens is 362 g/mol. The summed E-state index contributed by atoms with van der Waals surface area (Å²) >= 11 is 1.50. The average molecular weight is 390 g/mol. The number of rotatable bonds is 5. The van der Waals surface area contributed by atoms with Crippen LogP contribution in [0.3, 0.4) is 0 Å². The maximum Gasteiger partial charge on any atom is 0.205 e. The summed E-state index contributed by atoms with van der Waals surface area (Å²) in [4.78, 5) is 14.1. The van der Waals surface area contributed by atoms with Crippen LogP contribution in [0.25, 0.3) is 0 Å². The zero-order chi connectivity index (χ0) is 18.6. The molecule has 9 nitrogen and oxygen atoms in total. The van der Waals surface area contributed by atoms with Crippen molar-refractivity contribution in [3.05, 3.63) is 17.5 Å². The van der Waals surface area contributed by atoms with Gasteiger partial charge >= 0.3 is 0 Å². The van der Waals surface area contributed by atoms with Crippen LogP contribution in [0.15, 0.2) is 4.99 Å². The number of hydrogen-bond acceptors (Lipinski definition) is 7. The van der Waals surface area contributed by atoms with Gasteiger partial charge in [0.05, 0.1) is 0 Å². The van der Waals surface area contributed by atoms with Gasteiger partial charge in [-0.05, 0) is 13.3 Å². The number of nitrogens with zero attached hydrogens (tertiary/aromatic N) is 8. The number of guanidine groups is 1. The topological polar surface area (TPSA) is 87.4 Å². The summed E-state index contributed by atoms with van der Waals surface area (Å²) in [6, 6.07) is 0. The summed E-state index contributed by atoms with van der Waals surface area (Å²) in [7, 11) is 0. The van der Waals surface area contributed by atoms with Crippen LogP contribution in [-0.4, -0.2) is 67.7 Å². The number of aryl methyl sites for hydroxylation is 2. The molecule has 146 valence electrons. The fraction of sp³-hybridized carbons (Fsp3) is 0.706. The van der Waals surface area contributed by atoms with Gasteiger partial charge < -0.3 is 19.7 Å². The Kier molecular flexibility index (Phi) is 5.51. The molecule has 10 heteroatoms. The highest BCUT2D eigenvalue weighted by Gasteiger charge is 2.22. The molecule has 0 aliphatic carbocycles. The smallest absolute Gasteiger partial charge is 0.205 e. The van der Waals surface area contributed by atoms with Crippen LogP contribution in [-0.2, 0) is 25.9 Å². The van der Waals surface area contributed by atoms with E-state index in [9.17, 15) is 0 Å². The molecule has 2 aliphatic heterocycles. The number of aliphatic imine (C=N–C) groups is 1. The van der Waals surface area contributed by atoms with E-state index in [-0.39, 0.29) is 0 Å². The number of nitrogens with one attached hydrogen (secondary N) is 1. The predicted octanol–water partition coefficient (Wildman–Crippen LogP) is 0.926. The third kappa shape index (κ3) is 3.90. The lowest BCUT2D eigenvalue weighted by molar-refractivity contribution is 0.372. The van der Waals surface area contributed by atoms with Crippen molar-refractivity contribution in [2.75, 3.05) is 37.6 Å². The molecule has 0 aromatic carbocycles. The second kappa shape index (κ2) is 8.20. The van der Waals surface area contributed by atoms with E-state index >= 15 is 0 Å². The Hall–Kier alpha value is -2.23. The van der Waals surface area contributed by atoms with E-state index < -0.39 is 0 Å². The molecule has 0 spiro atoms. The Morgan fingerprint density at radius 1 is 1.15 bits per heavy atom. The van der Waals surface area contributed by atoms with Gasteiger partial charge in [-0.3, -0.25) is 0 Å². The van der Waals surface area contributed by atoms with Crippen molar-refractivity contribution in [3.63, 3.8) is 0 Å². The van der Waals surface area contributed by atoms with Crippen LogP contribution in [0.1, 0.15) is 37.7 Å². The third-order valence-corrected chi connectivity index (χ3v) is 5.83. The van der Waals surface area contributed by atoms with Crippen molar-refractivity contribution in [1.82, 2.24) is 34.3 Å². The van der Waals surface area contributed by atoms with Crippen LogP contribution in [0.5, 0.6) is 0 Å². The van der Waals surface area contributed by atoms with E-state index in [1.807, 2.05) is 0 Å². The van der Waals surface area contributed by atoms with Gasteiger partial charge in [0.2, 0.25) is 5.13 Å². The highest BCUT2D eigenvalue weighted by Crippen LogP contribution is 2.19. The summed E-state index contributed by atoms with van der Waals surface area (Å²) < 4.78 is 6.62. The Labute approximate surface area is 163 Å². The summed E-state index contributed by atoms with van der Waals surface area (Å²) in [5, 5.41) is 13.1. The molecule has 2 aromatic heterocycles. The lowest BCUT2D eigenvalue weighted by Gasteiger charge is -2.36. The normalized spacial score (nSPS) is 17.5. The Morgan fingerprint density at radius 2 is 2.00 bits per heavy atom. The van der Waals surface area contributed by atoms with E-state index in [1.54, 1.807) is 0 Å². The molecule has 2 aromatic rings. The van der Waals surface area contributed by atoms with Gasteiger partial charge in [0.1, 0.15) is 18.2 Å². The standard InChI is InChI=1S/C17H27N9S/c1-3-13-20-17(27-23-13)25-10-8-24(9-11-25)16(18-4-2)19-12-15-22-21-14-6-5-7-26(14)15/h3-12H2,1-2H3,(H,18,19). The molecule has 0 saturated carbocycles. The zero-order valence-corrected chi connectivity index (χ0v) is 16.9. The lowest BCUT2D eigenvalue weighted by atomic mass is 10.3. The van der Waals surface area contributed by atoms with E-state index in [2.05, 4.69) is 53.1 Å². The molecule has 1 fully saturated rings. The van der Waals surface area contributed by atoms with Crippen LogP contribution in [0.2, 0.25) is 0 Å². The molecule has 4 heterocycles. The monoisotopic (exact) mass is 389 g/mol. The van der Waals surface area contributed by atoms with Crippen LogP contribution in [0.4, 0.5) is 5.13 Å². The zero-order valence-electron chi connectivity index (χ0n) is 16.1. The van der Waals surface area contributed by atoms with Crippen molar-refractivity contribution in [1.29, 1.82) is 0 Å². The van der Waals surface area contributed by atoms with Gasteiger partial charge in [0, 0.05) is 63.6 Å². The van der Waals surface area contributed by atoms with Crippen molar-refractivity contribution < 1.29 is 0 Å².